The number of hydrogen-bond donors (Lipinski definition) is 1. The minimum absolute atomic E-state index is 0.0564. The van der Waals surface area contributed by atoms with Crippen molar-refractivity contribution in [2.45, 2.75) is 26.1 Å². The third-order valence-electron chi connectivity index (χ3n) is 4.26. The average molecular weight is 480 g/mol. The predicted molar refractivity (Wildman–Crippen MR) is 121 cm³/mol. The highest BCUT2D eigenvalue weighted by molar-refractivity contribution is 6.30. The first-order valence-corrected chi connectivity index (χ1v) is 9.91. The van der Waals surface area contributed by atoms with E-state index in [1.54, 1.807) is 24.3 Å². The van der Waals surface area contributed by atoms with E-state index in [0.29, 0.717) is 16.3 Å². The van der Waals surface area contributed by atoms with Crippen LogP contribution in [0.2, 0.25) is 5.02 Å². The second-order valence-electron chi connectivity index (χ2n) is 6.80. The Hall–Kier alpha value is -3.59. The Morgan fingerprint density at radius 1 is 1.21 bits per heavy atom. The molecule has 0 unspecified atom stereocenters. The van der Waals surface area contributed by atoms with Crippen LogP contribution in [0, 0.1) is 0 Å². The lowest BCUT2D eigenvalue weighted by molar-refractivity contribution is -0.151. The maximum absolute atomic E-state index is 12.9. The van der Waals surface area contributed by atoms with Crippen LogP contribution >= 0.6 is 11.6 Å². The molecule has 0 heterocycles. The van der Waals surface area contributed by atoms with Gasteiger partial charge in [-0.3, -0.25) is 14.5 Å². The topological polar surface area (TPSA) is 85.0 Å². The van der Waals surface area contributed by atoms with Gasteiger partial charge in [0, 0.05) is 23.9 Å². The highest BCUT2D eigenvalue weighted by Crippen LogP contribution is 2.31. The summed E-state index contributed by atoms with van der Waals surface area (Å²) in [6.07, 6.45) is -3.05. The molecule has 0 saturated heterocycles. The summed E-state index contributed by atoms with van der Waals surface area (Å²) in [6, 6.07) is 10.6. The van der Waals surface area contributed by atoms with E-state index in [0.717, 1.165) is 36.1 Å². The van der Waals surface area contributed by atoms with Gasteiger partial charge in [-0.2, -0.15) is 13.2 Å². The van der Waals surface area contributed by atoms with Crippen LogP contribution in [0.15, 0.2) is 72.0 Å². The lowest BCUT2D eigenvalue weighted by atomic mass is 10.1. The van der Waals surface area contributed by atoms with E-state index in [9.17, 15) is 22.8 Å². The number of ether oxygens (including phenoxy) is 1. The van der Waals surface area contributed by atoms with Gasteiger partial charge in [0.15, 0.2) is 6.10 Å². The van der Waals surface area contributed by atoms with Crippen molar-refractivity contribution in [3.8, 4) is 0 Å². The van der Waals surface area contributed by atoms with Crippen LogP contribution in [0.3, 0.4) is 0 Å². The molecule has 0 aromatic heterocycles. The highest BCUT2D eigenvalue weighted by atomic mass is 35.5. The molecule has 0 aliphatic carbocycles. The molecule has 1 amide bonds. The molecular weight excluding hydrogens is 459 g/mol. The maximum atomic E-state index is 12.9. The van der Waals surface area contributed by atoms with Crippen molar-refractivity contribution in [1.29, 1.82) is 0 Å². The van der Waals surface area contributed by atoms with Crippen molar-refractivity contribution in [2.24, 2.45) is 10.7 Å². The zero-order valence-electron chi connectivity index (χ0n) is 17.8. The SMILES string of the molecule is C=C(N=C/C=C(\N)c1cccc(Cl)c1)N(C(=O)[C@H](C)OC(C)=O)c1ccc(C(F)(F)F)cc1. The molecule has 0 fully saturated rings. The third-order valence-corrected chi connectivity index (χ3v) is 4.49. The number of carbonyl (C=O) groups excluding carboxylic acids is 2. The molecule has 2 rings (SSSR count). The molecular formula is C23H21ClF3N3O3. The number of nitrogens with zero attached hydrogens (tertiary/aromatic N) is 2. The monoisotopic (exact) mass is 479 g/mol. The lowest BCUT2D eigenvalue weighted by Gasteiger charge is -2.25. The molecule has 10 heteroatoms. The molecule has 0 aliphatic heterocycles. The number of allylic oxidation sites excluding steroid dienone is 1. The van der Waals surface area contributed by atoms with Gasteiger partial charge in [0.25, 0.3) is 5.91 Å². The van der Waals surface area contributed by atoms with Gasteiger partial charge in [-0.05, 0) is 55.0 Å². The molecule has 0 spiro atoms. The Kier molecular flexibility index (Phi) is 8.42. The molecule has 2 N–H and O–H groups in total. The van der Waals surface area contributed by atoms with Crippen LogP contribution in [0.25, 0.3) is 5.70 Å². The number of hydrogen-bond acceptors (Lipinski definition) is 5. The standard InChI is InChI=1S/C23H21ClF3N3O3/c1-14(33-16(3)31)22(32)30(20-9-7-18(8-10-20)23(25,26)27)15(2)29-12-11-21(28)17-5-4-6-19(24)13-17/h4-14H,2,28H2,1,3H3/b21-11-,29-12?/t14-/m0/s1. The van der Waals surface area contributed by atoms with E-state index >= 15 is 0 Å². The molecule has 2 aromatic carbocycles. The van der Waals surface area contributed by atoms with Gasteiger partial charge in [0.1, 0.15) is 5.82 Å². The minimum Gasteiger partial charge on any atom is -0.453 e. The molecule has 33 heavy (non-hydrogen) atoms. The van der Waals surface area contributed by atoms with Crippen molar-refractivity contribution in [3.63, 3.8) is 0 Å². The van der Waals surface area contributed by atoms with Crippen molar-refractivity contribution >= 4 is 41.1 Å². The molecule has 0 radical (unpaired) electrons. The number of rotatable bonds is 7. The number of esters is 1. The molecule has 0 saturated carbocycles. The summed E-state index contributed by atoms with van der Waals surface area (Å²) >= 11 is 5.94. The number of halogens is 4. The summed E-state index contributed by atoms with van der Waals surface area (Å²) in [5.74, 6) is -1.58. The number of aliphatic imine (C=N–C) groups is 1. The summed E-state index contributed by atoms with van der Waals surface area (Å²) in [4.78, 5) is 29.2. The quantitative estimate of drug-likeness (QED) is 0.437. The summed E-state index contributed by atoms with van der Waals surface area (Å²) in [5, 5.41) is 0.490. The smallest absolute Gasteiger partial charge is 0.416 e. The highest BCUT2D eigenvalue weighted by Gasteiger charge is 2.31. The maximum Gasteiger partial charge on any atom is 0.416 e. The Balaban J connectivity index is 2.35. The van der Waals surface area contributed by atoms with E-state index < -0.39 is 29.7 Å². The predicted octanol–water partition coefficient (Wildman–Crippen LogP) is 5.19. The third kappa shape index (κ3) is 7.21. The summed E-state index contributed by atoms with van der Waals surface area (Å²) < 4.78 is 43.6. The summed E-state index contributed by atoms with van der Waals surface area (Å²) in [5.41, 5.74) is 6.13. The van der Waals surface area contributed by atoms with Crippen molar-refractivity contribution in [3.05, 3.63) is 83.2 Å². The summed E-state index contributed by atoms with van der Waals surface area (Å²) in [6.45, 7) is 6.18. The van der Waals surface area contributed by atoms with E-state index in [4.69, 9.17) is 22.1 Å². The van der Waals surface area contributed by atoms with Gasteiger partial charge in [-0.25, -0.2) is 4.99 Å². The van der Waals surface area contributed by atoms with Crippen molar-refractivity contribution in [1.82, 2.24) is 0 Å². The van der Waals surface area contributed by atoms with Gasteiger partial charge in [-0.15, -0.1) is 0 Å². The lowest BCUT2D eigenvalue weighted by Crippen LogP contribution is -2.38. The van der Waals surface area contributed by atoms with Crippen LogP contribution < -0.4 is 10.6 Å². The molecule has 174 valence electrons. The van der Waals surface area contributed by atoms with Crippen molar-refractivity contribution in [2.75, 3.05) is 4.90 Å². The Bertz CT molecular complexity index is 1100. The number of carbonyl (C=O) groups is 2. The van der Waals surface area contributed by atoms with E-state index in [2.05, 4.69) is 11.6 Å². The average Bonchev–Trinajstić information content (AvgIpc) is 2.73. The van der Waals surface area contributed by atoms with Gasteiger partial charge in [-0.1, -0.05) is 30.3 Å². The van der Waals surface area contributed by atoms with Crippen LogP contribution in [-0.2, 0) is 20.5 Å². The van der Waals surface area contributed by atoms with Crippen molar-refractivity contribution < 1.29 is 27.5 Å². The van der Waals surface area contributed by atoms with E-state index in [1.807, 2.05) is 0 Å². The van der Waals surface area contributed by atoms with Gasteiger partial charge in [0.2, 0.25) is 0 Å². The number of nitrogens with two attached hydrogens (primary N) is 1. The first kappa shape index (κ1) is 25.7. The Morgan fingerprint density at radius 3 is 2.39 bits per heavy atom. The van der Waals surface area contributed by atoms with E-state index in [-0.39, 0.29) is 11.5 Å². The fraction of sp³-hybridized carbons (Fsp3) is 0.174. The molecule has 6 nitrogen and oxygen atoms in total. The van der Waals surface area contributed by atoms with E-state index in [1.165, 1.54) is 19.2 Å². The fourth-order valence-corrected chi connectivity index (χ4v) is 2.90. The minimum atomic E-state index is -4.55. The zero-order valence-corrected chi connectivity index (χ0v) is 18.5. The van der Waals surface area contributed by atoms with Gasteiger partial charge >= 0.3 is 12.1 Å². The second-order valence-corrected chi connectivity index (χ2v) is 7.23. The Labute approximate surface area is 193 Å². The largest absolute Gasteiger partial charge is 0.453 e. The number of alkyl halides is 3. The molecule has 0 bridgehead atoms. The fourth-order valence-electron chi connectivity index (χ4n) is 2.71. The molecule has 2 aromatic rings. The second kappa shape index (κ2) is 10.8. The number of amides is 1. The van der Waals surface area contributed by atoms with Crippen LogP contribution in [0.4, 0.5) is 18.9 Å². The van der Waals surface area contributed by atoms with Gasteiger partial charge < -0.3 is 10.5 Å². The first-order chi connectivity index (χ1) is 15.4. The van der Waals surface area contributed by atoms with Crippen LogP contribution in [-0.4, -0.2) is 24.2 Å². The van der Waals surface area contributed by atoms with Gasteiger partial charge in [0.05, 0.1) is 11.3 Å². The van der Waals surface area contributed by atoms with Crippen LogP contribution in [0.1, 0.15) is 25.0 Å². The van der Waals surface area contributed by atoms with Crippen LogP contribution in [0.5, 0.6) is 0 Å². The molecule has 1 atom stereocenters. The first-order valence-electron chi connectivity index (χ1n) is 9.53. The summed E-state index contributed by atoms with van der Waals surface area (Å²) in [7, 11) is 0. The zero-order chi connectivity index (χ0) is 24.8. The number of benzene rings is 2. The number of anilines is 1. The Morgan fingerprint density at radius 2 is 1.85 bits per heavy atom. The molecule has 0 aliphatic rings. The normalized spacial score (nSPS) is 13.0.